The van der Waals surface area contributed by atoms with Crippen molar-refractivity contribution in [1.82, 2.24) is 15.1 Å². The predicted molar refractivity (Wildman–Crippen MR) is 126 cm³/mol. The van der Waals surface area contributed by atoms with Crippen molar-refractivity contribution >= 4 is 40.7 Å². The lowest BCUT2D eigenvalue weighted by Crippen LogP contribution is -2.59. The fourth-order valence-corrected chi connectivity index (χ4v) is 4.51. The van der Waals surface area contributed by atoms with E-state index in [0.29, 0.717) is 26.2 Å². The number of rotatable bonds is 5. The number of non-ortho nitro benzene ring substituents is 1. The van der Waals surface area contributed by atoms with E-state index in [0.717, 1.165) is 11.8 Å². The van der Waals surface area contributed by atoms with Crippen molar-refractivity contribution in [1.29, 1.82) is 0 Å². The summed E-state index contributed by atoms with van der Waals surface area (Å²) in [5, 5.41) is 13.6. The van der Waals surface area contributed by atoms with Crippen LogP contribution in [0.15, 0.2) is 48.5 Å². The van der Waals surface area contributed by atoms with Gasteiger partial charge in [0.15, 0.2) is 0 Å². The summed E-state index contributed by atoms with van der Waals surface area (Å²) >= 11 is 6.13. The Balaban J connectivity index is 1.43. The summed E-state index contributed by atoms with van der Waals surface area (Å²) in [5.41, 5.74) is 0.910. The van der Waals surface area contributed by atoms with Crippen molar-refractivity contribution < 1.29 is 19.3 Å². The molecule has 2 fully saturated rings. The minimum absolute atomic E-state index is 0.0518. The topological polar surface area (TPSA) is 116 Å². The van der Waals surface area contributed by atoms with Gasteiger partial charge in [0.25, 0.3) is 11.6 Å². The highest BCUT2D eigenvalue weighted by molar-refractivity contribution is 6.34. The molecule has 0 spiro atoms. The first-order chi connectivity index (χ1) is 16.3. The van der Waals surface area contributed by atoms with Gasteiger partial charge in [0.2, 0.25) is 11.8 Å². The number of carbonyl (C=O) groups is 3. The Hall–Kier alpha value is -3.66. The van der Waals surface area contributed by atoms with Gasteiger partial charge in [-0.2, -0.15) is 0 Å². The molecule has 10 nitrogen and oxygen atoms in total. The number of nitrogens with zero attached hydrogens (tertiary/aromatic N) is 4. The monoisotopic (exact) mass is 485 g/mol. The standard InChI is InChI=1S/C23H24ClN5O5/c24-19-14-17(29(33)34)6-7-18(19)23(32)28-9-8-25-22(31)20(28)15-21(30)27-12-10-26(11-13-27)16-4-2-1-3-5-16/h1-7,14,20H,8-13,15H2,(H,25,31). The molecular formula is C23H24ClN5O5. The van der Waals surface area contributed by atoms with Gasteiger partial charge in [-0.3, -0.25) is 24.5 Å². The van der Waals surface area contributed by atoms with Crippen molar-refractivity contribution in [3.05, 3.63) is 69.2 Å². The van der Waals surface area contributed by atoms with Crippen LogP contribution in [0.25, 0.3) is 0 Å². The van der Waals surface area contributed by atoms with Crippen LogP contribution >= 0.6 is 11.6 Å². The smallest absolute Gasteiger partial charge is 0.270 e. The Bertz CT molecular complexity index is 1100. The van der Waals surface area contributed by atoms with E-state index >= 15 is 0 Å². The van der Waals surface area contributed by atoms with Crippen LogP contribution in [0.2, 0.25) is 5.02 Å². The van der Waals surface area contributed by atoms with E-state index in [1.807, 2.05) is 30.3 Å². The Kier molecular flexibility index (Phi) is 6.97. The molecule has 1 atom stereocenters. The number of carbonyl (C=O) groups excluding carboxylic acids is 3. The quantitative estimate of drug-likeness (QED) is 0.511. The number of hydrogen-bond donors (Lipinski definition) is 1. The van der Waals surface area contributed by atoms with E-state index in [9.17, 15) is 24.5 Å². The third-order valence-corrected chi connectivity index (χ3v) is 6.42. The summed E-state index contributed by atoms with van der Waals surface area (Å²) in [6.07, 6.45) is -0.145. The molecule has 11 heteroatoms. The van der Waals surface area contributed by atoms with Crippen molar-refractivity contribution in [2.24, 2.45) is 0 Å². The van der Waals surface area contributed by atoms with Crippen LogP contribution in [-0.2, 0) is 9.59 Å². The number of anilines is 1. The van der Waals surface area contributed by atoms with Crippen LogP contribution in [0.5, 0.6) is 0 Å². The first-order valence-electron chi connectivity index (χ1n) is 11.0. The summed E-state index contributed by atoms with van der Waals surface area (Å²) in [6.45, 7) is 2.84. The van der Waals surface area contributed by atoms with E-state index in [4.69, 9.17) is 11.6 Å². The average molecular weight is 486 g/mol. The molecular weight excluding hydrogens is 462 g/mol. The first-order valence-corrected chi connectivity index (χ1v) is 11.3. The molecule has 2 heterocycles. The second-order valence-corrected chi connectivity index (χ2v) is 8.54. The zero-order valence-electron chi connectivity index (χ0n) is 18.4. The summed E-state index contributed by atoms with van der Waals surface area (Å²) in [4.78, 5) is 54.4. The number of amides is 3. The lowest BCUT2D eigenvalue weighted by molar-refractivity contribution is -0.384. The number of nitro groups is 1. The van der Waals surface area contributed by atoms with E-state index in [1.54, 1.807) is 4.90 Å². The minimum Gasteiger partial charge on any atom is -0.368 e. The Morgan fingerprint density at radius 3 is 2.41 bits per heavy atom. The molecule has 0 aromatic heterocycles. The second-order valence-electron chi connectivity index (χ2n) is 8.13. The van der Waals surface area contributed by atoms with Crippen LogP contribution in [0.4, 0.5) is 11.4 Å². The SMILES string of the molecule is O=C1NCCN(C(=O)c2ccc([N+](=O)[O-])cc2Cl)C1CC(=O)N1CCN(c2ccccc2)CC1. The maximum atomic E-state index is 13.2. The van der Waals surface area contributed by atoms with E-state index in [2.05, 4.69) is 10.2 Å². The highest BCUT2D eigenvalue weighted by atomic mass is 35.5. The Labute approximate surface area is 201 Å². The van der Waals surface area contributed by atoms with E-state index < -0.39 is 22.8 Å². The first kappa shape index (κ1) is 23.5. The zero-order valence-corrected chi connectivity index (χ0v) is 19.1. The van der Waals surface area contributed by atoms with Gasteiger partial charge in [-0.05, 0) is 18.2 Å². The number of halogens is 1. The molecule has 3 amide bonds. The normalized spacial score (nSPS) is 18.4. The zero-order chi connectivity index (χ0) is 24.2. The molecule has 34 heavy (non-hydrogen) atoms. The number of para-hydroxylation sites is 1. The van der Waals surface area contributed by atoms with Gasteiger partial charge in [0, 0.05) is 57.1 Å². The Morgan fingerprint density at radius 1 is 1.06 bits per heavy atom. The van der Waals surface area contributed by atoms with Gasteiger partial charge in [-0.25, -0.2) is 0 Å². The van der Waals surface area contributed by atoms with E-state index in [-0.39, 0.29) is 41.7 Å². The predicted octanol–water partition coefficient (Wildman–Crippen LogP) is 1.93. The largest absolute Gasteiger partial charge is 0.368 e. The maximum Gasteiger partial charge on any atom is 0.270 e. The van der Waals surface area contributed by atoms with Gasteiger partial charge < -0.3 is 20.0 Å². The van der Waals surface area contributed by atoms with Crippen molar-refractivity contribution in [3.8, 4) is 0 Å². The van der Waals surface area contributed by atoms with Gasteiger partial charge >= 0.3 is 0 Å². The van der Waals surface area contributed by atoms with Gasteiger partial charge in [-0.15, -0.1) is 0 Å². The lowest BCUT2D eigenvalue weighted by Gasteiger charge is -2.39. The number of piperazine rings is 2. The van der Waals surface area contributed by atoms with Crippen LogP contribution in [0.3, 0.4) is 0 Å². The molecule has 2 aliphatic heterocycles. The highest BCUT2D eigenvalue weighted by Crippen LogP contribution is 2.25. The van der Waals surface area contributed by atoms with Crippen LogP contribution < -0.4 is 10.2 Å². The fourth-order valence-electron chi connectivity index (χ4n) is 4.25. The molecule has 2 aliphatic rings. The van der Waals surface area contributed by atoms with Gasteiger partial charge in [0.05, 0.1) is 21.9 Å². The molecule has 178 valence electrons. The van der Waals surface area contributed by atoms with Crippen LogP contribution in [0.1, 0.15) is 16.8 Å². The molecule has 0 radical (unpaired) electrons. The maximum absolute atomic E-state index is 13.2. The molecule has 1 N–H and O–H groups in total. The second kappa shape index (κ2) is 10.1. The fraction of sp³-hybridized carbons (Fsp3) is 0.348. The van der Waals surface area contributed by atoms with Crippen LogP contribution in [0, 0.1) is 10.1 Å². The number of hydrogen-bond acceptors (Lipinski definition) is 6. The summed E-state index contributed by atoms with van der Waals surface area (Å²) in [6, 6.07) is 12.5. The Morgan fingerprint density at radius 2 is 1.76 bits per heavy atom. The third kappa shape index (κ3) is 4.96. The minimum atomic E-state index is -0.979. The number of nitro benzene ring substituents is 1. The molecule has 4 rings (SSSR count). The molecule has 2 saturated heterocycles. The molecule has 0 aliphatic carbocycles. The molecule has 2 aromatic carbocycles. The van der Waals surface area contributed by atoms with Gasteiger partial charge in [0.1, 0.15) is 6.04 Å². The summed E-state index contributed by atoms with van der Waals surface area (Å²) < 4.78 is 0. The third-order valence-electron chi connectivity index (χ3n) is 6.11. The summed E-state index contributed by atoms with van der Waals surface area (Å²) in [7, 11) is 0. The molecule has 0 saturated carbocycles. The van der Waals surface area contributed by atoms with Crippen LogP contribution in [-0.4, -0.2) is 77.8 Å². The number of benzene rings is 2. The highest BCUT2D eigenvalue weighted by Gasteiger charge is 2.37. The summed E-state index contributed by atoms with van der Waals surface area (Å²) in [5.74, 6) is -1.15. The van der Waals surface area contributed by atoms with Crippen molar-refractivity contribution in [3.63, 3.8) is 0 Å². The molecule has 1 unspecified atom stereocenters. The van der Waals surface area contributed by atoms with Gasteiger partial charge in [-0.1, -0.05) is 29.8 Å². The average Bonchev–Trinajstić information content (AvgIpc) is 2.85. The number of nitrogens with one attached hydrogen (secondary N) is 1. The lowest BCUT2D eigenvalue weighted by atomic mass is 10.0. The molecule has 0 bridgehead atoms. The molecule has 2 aromatic rings. The van der Waals surface area contributed by atoms with Crippen molar-refractivity contribution in [2.75, 3.05) is 44.2 Å². The van der Waals surface area contributed by atoms with E-state index in [1.165, 1.54) is 17.0 Å². The van der Waals surface area contributed by atoms with Crippen molar-refractivity contribution in [2.45, 2.75) is 12.5 Å².